The van der Waals surface area contributed by atoms with E-state index in [0.717, 1.165) is 15.6 Å². The van der Waals surface area contributed by atoms with Gasteiger partial charge in [0.2, 0.25) is 5.91 Å². The summed E-state index contributed by atoms with van der Waals surface area (Å²) in [5, 5.41) is 5.16. The first-order chi connectivity index (χ1) is 9.79. The third-order valence-electron chi connectivity index (χ3n) is 2.80. The molecule has 0 aromatic heterocycles. The van der Waals surface area contributed by atoms with Crippen LogP contribution in [0.2, 0.25) is 0 Å². The molecule has 1 aromatic rings. The lowest BCUT2D eigenvalue weighted by molar-refractivity contribution is -0.115. The van der Waals surface area contributed by atoms with Crippen LogP contribution in [0.4, 0.5) is 10.5 Å². The highest BCUT2D eigenvalue weighted by atomic mass is 79.9. The zero-order chi connectivity index (χ0) is 16.0. The molecule has 6 heteroatoms. The number of nitrogens with one attached hydrogen (secondary N) is 2. The van der Waals surface area contributed by atoms with E-state index in [1.165, 1.54) is 0 Å². The Balaban J connectivity index is 2.47. The van der Waals surface area contributed by atoms with Crippen LogP contribution in [0.15, 0.2) is 16.6 Å². The summed E-state index contributed by atoms with van der Waals surface area (Å²) in [6.45, 7) is 8.05. The quantitative estimate of drug-likeness (QED) is 0.849. The van der Waals surface area contributed by atoms with E-state index in [9.17, 15) is 9.59 Å². The zero-order valence-electron chi connectivity index (χ0n) is 12.7. The van der Waals surface area contributed by atoms with Crippen molar-refractivity contribution in [1.29, 1.82) is 0 Å². The van der Waals surface area contributed by atoms with Crippen LogP contribution in [0.3, 0.4) is 0 Å². The SMILES string of the molecule is Cc1cc(Br)c(NC(=O)CNC(=O)OCC(C)C)cc1C. The molecule has 0 aliphatic carbocycles. The molecule has 0 aliphatic rings. The number of alkyl carbamates (subject to hydrolysis) is 1. The van der Waals surface area contributed by atoms with Gasteiger partial charge in [-0.2, -0.15) is 0 Å². The molecule has 0 heterocycles. The highest BCUT2D eigenvalue weighted by Gasteiger charge is 2.10. The van der Waals surface area contributed by atoms with Crippen LogP contribution in [0.5, 0.6) is 0 Å². The van der Waals surface area contributed by atoms with Gasteiger partial charge in [-0.15, -0.1) is 0 Å². The highest BCUT2D eigenvalue weighted by Crippen LogP contribution is 2.25. The molecule has 1 rings (SSSR count). The van der Waals surface area contributed by atoms with Crippen LogP contribution in [0.25, 0.3) is 0 Å². The van der Waals surface area contributed by atoms with Crippen molar-refractivity contribution in [1.82, 2.24) is 5.32 Å². The van der Waals surface area contributed by atoms with E-state index in [2.05, 4.69) is 26.6 Å². The third kappa shape index (κ3) is 6.16. The molecule has 0 unspecified atom stereocenters. The second-order valence-corrected chi connectivity index (χ2v) is 6.16. The summed E-state index contributed by atoms with van der Waals surface area (Å²) in [5.41, 5.74) is 2.90. The number of halogens is 1. The number of rotatable bonds is 5. The molecule has 2 amide bonds. The third-order valence-corrected chi connectivity index (χ3v) is 3.45. The average Bonchev–Trinajstić information content (AvgIpc) is 2.40. The van der Waals surface area contributed by atoms with Crippen LogP contribution in [-0.4, -0.2) is 25.2 Å². The van der Waals surface area contributed by atoms with Crippen molar-refractivity contribution >= 4 is 33.6 Å². The number of hydrogen-bond donors (Lipinski definition) is 2. The molecule has 1 aromatic carbocycles. The van der Waals surface area contributed by atoms with E-state index in [1.54, 1.807) is 0 Å². The maximum absolute atomic E-state index is 11.8. The largest absolute Gasteiger partial charge is 0.449 e. The Kier molecular flexibility index (Phi) is 6.68. The summed E-state index contributed by atoms with van der Waals surface area (Å²) < 4.78 is 5.73. The molecule has 0 radical (unpaired) electrons. The molecule has 0 bridgehead atoms. The van der Waals surface area contributed by atoms with Gasteiger partial charge in [-0.1, -0.05) is 13.8 Å². The number of benzene rings is 1. The number of ether oxygens (including phenoxy) is 1. The number of aryl methyl sites for hydroxylation is 2. The van der Waals surface area contributed by atoms with Crippen LogP contribution < -0.4 is 10.6 Å². The zero-order valence-corrected chi connectivity index (χ0v) is 14.3. The van der Waals surface area contributed by atoms with Gasteiger partial charge in [-0.3, -0.25) is 4.79 Å². The topological polar surface area (TPSA) is 67.4 Å². The standard InChI is InChI=1S/C15H21BrN2O3/c1-9(2)8-21-15(20)17-7-14(19)18-13-6-11(4)10(3)5-12(13)16/h5-6,9H,7-8H2,1-4H3,(H,17,20)(H,18,19). The summed E-state index contributed by atoms with van der Waals surface area (Å²) in [6, 6.07) is 3.82. The normalized spacial score (nSPS) is 10.4. The predicted octanol–water partition coefficient (Wildman–Crippen LogP) is 3.39. The fraction of sp³-hybridized carbons (Fsp3) is 0.467. The van der Waals surface area contributed by atoms with Crippen LogP contribution in [0, 0.1) is 19.8 Å². The van der Waals surface area contributed by atoms with E-state index in [0.29, 0.717) is 12.3 Å². The first-order valence-corrected chi connectivity index (χ1v) is 7.56. The van der Waals surface area contributed by atoms with Crippen LogP contribution >= 0.6 is 15.9 Å². The minimum atomic E-state index is -0.585. The highest BCUT2D eigenvalue weighted by molar-refractivity contribution is 9.10. The Bertz CT molecular complexity index is 530. The Morgan fingerprint density at radius 3 is 2.48 bits per heavy atom. The van der Waals surface area contributed by atoms with Gasteiger partial charge in [0, 0.05) is 4.47 Å². The van der Waals surface area contributed by atoms with Crippen molar-refractivity contribution in [2.24, 2.45) is 5.92 Å². The van der Waals surface area contributed by atoms with E-state index in [1.807, 2.05) is 39.8 Å². The van der Waals surface area contributed by atoms with Gasteiger partial charge in [-0.05, 0) is 59.0 Å². The molecule has 5 nitrogen and oxygen atoms in total. The van der Waals surface area contributed by atoms with Crippen molar-refractivity contribution in [3.05, 3.63) is 27.7 Å². The van der Waals surface area contributed by atoms with Crippen LogP contribution in [0.1, 0.15) is 25.0 Å². The van der Waals surface area contributed by atoms with Gasteiger partial charge < -0.3 is 15.4 Å². The lowest BCUT2D eigenvalue weighted by Gasteiger charge is -2.11. The average molecular weight is 357 g/mol. The van der Waals surface area contributed by atoms with E-state index in [-0.39, 0.29) is 18.4 Å². The molecule has 2 N–H and O–H groups in total. The Hall–Kier alpha value is -1.56. The number of amides is 2. The predicted molar refractivity (Wildman–Crippen MR) is 86.4 cm³/mol. The monoisotopic (exact) mass is 356 g/mol. The second kappa shape index (κ2) is 8.02. The second-order valence-electron chi connectivity index (χ2n) is 5.31. The summed E-state index contributed by atoms with van der Waals surface area (Å²) in [5.74, 6) is -0.0449. The van der Waals surface area contributed by atoms with Crippen molar-refractivity contribution in [2.75, 3.05) is 18.5 Å². The molecule has 0 fully saturated rings. The van der Waals surface area contributed by atoms with Crippen LogP contribution in [-0.2, 0) is 9.53 Å². The number of carbonyl (C=O) groups excluding carboxylic acids is 2. The minimum absolute atomic E-state index is 0.129. The molecule has 0 atom stereocenters. The number of carbonyl (C=O) groups is 2. The Morgan fingerprint density at radius 2 is 1.86 bits per heavy atom. The molecule has 0 saturated heterocycles. The fourth-order valence-corrected chi connectivity index (χ4v) is 2.07. The maximum Gasteiger partial charge on any atom is 0.407 e. The Labute approximate surface area is 133 Å². The first kappa shape index (κ1) is 17.5. The van der Waals surface area contributed by atoms with Gasteiger partial charge in [0.15, 0.2) is 0 Å². The van der Waals surface area contributed by atoms with Gasteiger partial charge >= 0.3 is 6.09 Å². The van der Waals surface area contributed by atoms with Crippen molar-refractivity contribution in [3.8, 4) is 0 Å². The van der Waals surface area contributed by atoms with Crippen molar-refractivity contribution in [2.45, 2.75) is 27.7 Å². The fourth-order valence-electron chi connectivity index (χ4n) is 1.52. The molecule has 0 spiro atoms. The van der Waals surface area contributed by atoms with E-state index < -0.39 is 6.09 Å². The van der Waals surface area contributed by atoms with Gasteiger partial charge in [-0.25, -0.2) is 4.79 Å². The van der Waals surface area contributed by atoms with E-state index in [4.69, 9.17) is 4.74 Å². The molecule has 116 valence electrons. The summed E-state index contributed by atoms with van der Waals surface area (Å²) in [4.78, 5) is 23.1. The lowest BCUT2D eigenvalue weighted by Crippen LogP contribution is -2.33. The van der Waals surface area contributed by atoms with Crippen molar-refractivity contribution < 1.29 is 14.3 Å². The van der Waals surface area contributed by atoms with Gasteiger partial charge in [0.1, 0.15) is 6.54 Å². The molecule has 21 heavy (non-hydrogen) atoms. The maximum atomic E-state index is 11.8. The number of anilines is 1. The lowest BCUT2D eigenvalue weighted by atomic mass is 10.1. The minimum Gasteiger partial charge on any atom is -0.449 e. The van der Waals surface area contributed by atoms with Crippen molar-refractivity contribution in [3.63, 3.8) is 0 Å². The summed E-state index contributed by atoms with van der Waals surface area (Å²) in [6.07, 6.45) is -0.585. The molecule has 0 saturated carbocycles. The smallest absolute Gasteiger partial charge is 0.407 e. The number of hydrogen-bond acceptors (Lipinski definition) is 3. The molecular weight excluding hydrogens is 336 g/mol. The summed E-state index contributed by atoms with van der Waals surface area (Å²) >= 11 is 3.40. The molecule has 0 aliphatic heterocycles. The Morgan fingerprint density at radius 1 is 1.24 bits per heavy atom. The summed E-state index contributed by atoms with van der Waals surface area (Å²) in [7, 11) is 0. The van der Waals surface area contributed by atoms with Gasteiger partial charge in [0.05, 0.1) is 12.3 Å². The van der Waals surface area contributed by atoms with E-state index >= 15 is 0 Å². The first-order valence-electron chi connectivity index (χ1n) is 6.76. The molecular formula is C15H21BrN2O3. The van der Waals surface area contributed by atoms with Gasteiger partial charge in [0.25, 0.3) is 0 Å².